The Balaban J connectivity index is 1.76. The van der Waals surface area contributed by atoms with Gasteiger partial charge in [0.25, 0.3) is 0 Å². The molecule has 1 heteroatoms. The number of ketones is 1. The van der Waals surface area contributed by atoms with Gasteiger partial charge in [0.05, 0.1) is 0 Å². The minimum absolute atomic E-state index is 0.271. The van der Waals surface area contributed by atoms with E-state index in [-0.39, 0.29) is 5.78 Å². The van der Waals surface area contributed by atoms with Gasteiger partial charge < -0.3 is 0 Å². The molecule has 18 heavy (non-hydrogen) atoms. The topological polar surface area (TPSA) is 17.1 Å². The van der Waals surface area contributed by atoms with Gasteiger partial charge in [0.15, 0.2) is 5.78 Å². The highest BCUT2D eigenvalue weighted by Gasteiger charge is 2.27. The molecule has 1 unspecified atom stereocenters. The van der Waals surface area contributed by atoms with Crippen LogP contribution >= 0.6 is 0 Å². The maximum atomic E-state index is 12.3. The minimum atomic E-state index is 0.271. The second kappa shape index (κ2) is 4.41. The molecule has 3 rings (SSSR count). The zero-order valence-electron chi connectivity index (χ0n) is 10.5. The number of hydrogen-bond acceptors (Lipinski definition) is 1. The van der Waals surface area contributed by atoms with E-state index in [0.717, 1.165) is 17.5 Å². The van der Waals surface area contributed by atoms with Crippen LogP contribution < -0.4 is 0 Å². The molecule has 0 N–H and O–H groups in total. The highest BCUT2D eigenvalue weighted by atomic mass is 16.1. The molecule has 1 atom stereocenters. The zero-order chi connectivity index (χ0) is 12.5. The Hall–Kier alpha value is -1.89. The maximum absolute atomic E-state index is 12.3. The van der Waals surface area contributed by atoms with Crippen molar-refractivity contribution in [3.63, 3.8) is 0 Å². The fourth-order valence-electron chi connectivity index (χ4n) is 2.76. The summed E-state index contributed by atoms with van der Waals surface area (Å²) >= 11 is 0. The molecule has 1 aliphatic carbocycles. The van der Waals surface area contributed by atoms with Crippen LogP contribution in [0.5, 0.6) is 0 Å². The highest BCUT2D eigenvalue weighted by Crippen LogP contribution is 2.38. The number of fused-ring (bicyclic) bond motifs is 1. The van der Waals surface area contributed by atoms with Gasteiger partial charge in [0.1, 0.15) is 0 Å². The summed E-state index contributed by atoms with van der Waals surface area (Å²) in [5, 5.41) is 0. The Morgan fingerprint density at radius 2 is 1.83 bits per heavy atom. The number of aryl methyl sites for hydroxylation is 1. The summed E-state index contributed by atoms with van der Waals surface area (Å²) in [5.74, 6) is 0.695. The SMILES string of the molecule is Cc1ccccc1C(=O)CC1Cc2ccccc21. The van der Waals surface area contributed by atoms with Crippen molar-refractivity contribution in [2.45, 2.75) is 25.7 Å². The zero-order valence-corrected chi connectivity index (χ0v) is 10.5. The van der Waals surface area contributed by atoms with Gasteiger partial charge >= 0.3 is 0 Å². The van der Waals surface area contributed by atoms with E-state index in [0.29, 0.717) is 12.3 Å². The van der Waals surface area contributed by atoms with Crippen molar-refractivity contribution in [2.75, 3.05) is 0 Å². The summed E-state index contributed by atoms with van der Waals surface area (Å²) in [6.07, 6.45) is 1.69. The third-order valence-corrected chi connectivity index (χ3v) is 3.84. The van der Waals surface area contributed by atoms with Gasteiger partial charge in [-0.05, 0) is 36.0 Å². The van der Waals surface area contributed by atoms with Crippen LogP contribution in [-0.4, -0.2) is 5.78 Å². The molecule has 0 radical (unpaired) electrons. The molecule has 0 bridgehead atoms. The first-order valence-corrected chi connectivity index (χ1v) is 6.42. The van der Waals surface area contributed by atoms with Crippen LogP contribution in [0.25, 0.3) is 0 Å². The van der Waals surface area contributed by atoms with Gasteiger partial charge in [0.2, 0.25) is 0 Å². The van der Waals surface area contributed by atoms with E-state index >= 15 is 0 Å². The average Bonchev–Trinajstić information content (AvgIpc) is 2.36. The Kier molecular flexibility index (Phi) is 2.75. The van der Waals surface area contributed by atoms with Gasteiger partial charge in [-0.2, -0.15) is 0 Å². The molecule has 2 aromatic rings. The molecule has 2 aromatic carbocycles. The van der Waals surface area contributed by atoms with Gasteiger partial charge in [-0.15, -0.1) is 0 Å². The van der Waals surface area contributed by atoms with Crippen molar-refractivity contribution >= 4 is 5.78 Å². The summed E-state index contributed by atoms with van der Waals surface area (Å²) in [4.78, 5) is 12.3. The number of rotatable bonds is 3. The van der Waals surface area contributed by atoms with Crippen molar-refractivity contribution in [1.82, 2.24) is 0 Å². The summed E-state index contributed by atoms with van der Waals surface area (Å²) < 4.78 is 0. The van der Waals surface area contributed by atoms with Crippen molar-refractivity contribution < 1.29 is 4.79 Å². The van der Waals surface area contributed by atoms with Crippen LogP contribution in [0.2, 0.25) is 0 Å². The number of carbonyl (C=O) groups is 1. The van der Waals surface area contributed by atoms with Crippen molar-refractivity contribution in [3.05, 3.63) is 70.8 Å². The van der Waals surface area contributed by atoms with E-state index in [9.17, 15) is 4.79 Å². The molecule has 90 valence electrons. The standard InChI is InChI=1S/C17H16O/c1-12-6-2-4-8-15(12)17(18)11-14-10-13-7-3-5-9-16(13)14/h2-9,14H,10-11H2,1H3. The van der Waals surface area contributed by atoms with Crippen LogP contribution in [0.15, 0.2) is 48.5 Å². The largest absolute Gasteiger partial charge is 0.294 e. The Labute approximate surface area is 107 Å². The molecule has 0 heterocycles. The molecule has 0 aromatic heterocycles. The normalized spacial score (nSPS) is 16.8. The lowest BCUT2D eigenvalue weighted by molar-refractivity contribution is 0.0970. The van der Waals surface area contributed by atoms with E-state index in [4.69, 9.17) is 0 Å². The summed E-state index contributed by atoms with van der Waals surface area (Å²) in [6.45, 7) is 2.00. The average molecular weight is 236 g/mol. The Morgan fingerprint density at radius 3 is 2.61 bits per heavy atom. The lowest BCUT2D eigenvalue weighted by atomic mass is 9.74. The molecule has 0 fully saturated rings. The molecular formula is C17H16O. The Bertz CT molecular complexity index is 598. The third-order valence-electron chi connectivity index (χ3n) is 3.84. The summed E-state index contributed by atoms with van der Waals surface area (Å²) in [7, 11) is 0. The highest BCUT2D eigenvalue weighted by molar-refractivity contribution is 5.98. The molecule has 0 amide bonds. The van der Waals surface area contributed by atoms with Gasteiger partial charge in [0, 0.05) is 12.0 Å². The first-order chi connectivity index (χ1) is 8.75. The second-order valence-electron chi connectivity index (χ2n) is 5.04. The monoisotopic (exact) mass is 236 g/mol. The number of hydrogen-bond donors (Lipinski definition) is 0. The third kappa shape index (κ3) is 1.86. The van der Waals surface area contributed by atoms with Crippen LogP contribution in [0.1, 0.15) is 39.4 Å². The Morgan fingerprint density at radius 1 is 1.11 bits per heavy atom. The fraction of sp³-hybridized carbons (Fsp3) is 0.235. The van der Waals surface area contributed by atoms with Gasteiger partial charge in [-0.25, -0.2) is 0 Å². The van der Waals surface area contributed by atoms with E-state index in [1.807, 2.05) is 31.2 Å². The predicted molar refractivity (Wildman–Crippen MR) is 73.0 cm³/mol. The number of Topliss-reactive ketones (excluding diaryl/α,β-unsaturated/α-hetero) is 1. The molecule has 1 aliphatic rings. The van der Waals surface area contributed by atoms with Crippen LogP contribution in [0.3, 0.4) is 0 Å². The quantitative estimate of drug-likeness (QED) is 0.738. The lowest BCUT2D eigenvalue weighted by Crippen LogP contribution is -2.20. The maximum Gasteiger partial charge on any atom is 0.163 e. The second-order valence-corrected chi connectivity index (χ2v) is 5.04. The fourth-order valence-corrected chi connectivity index (χ4v) is 2.76. The molecule has 0 aliphatic heterocycles. The van der Waals surface area contributed by atoms with Crippen molar-refractivity contribution in [3.8, 4) is 0 Å². The van der Waals surface area contributed by atoms with Crippen molar-refractivity contribution in [1.29, 1.82) is 0 Å². The van der Waals surface area contributed by atoms with Crippen LogP contribution in [-0.2, 0) is 6.42 Å². The first-order valence-electron chi connectivity index (χ1n) is 6.42. The van der Waals surface area contributed by atoms with Gasteiger partial charge in [-0.3, -0.25) is 4.79 Å². The van der Waals surface area contributed by atoms with E-state index in [1.54, 1.807) is 0 Å². The number of carbonyl (C=O) groups excluding carboxylic acids is 1. The van der Waals surface area contributed by atoms with Crippen LogP contribution in [0.4, 0.5) is 0 Å². The smallest absolute Gasteiger partial charge is 0.163 e. The van der Waals surface area contributed by atoms with Crippen molar-refractivity contribution in [2.24, 2.45) is 0 Å². The molecule has 0 saturated heterocycles. The van der Waals surface area contributed by atoms with Crippen LogP contribution in [0, 0.1) is 6.92 Å². The van der Waals surface area contributed by atoms with E-state index in [2.05, 4.69) is 24.3 Å². The molecular weight excluding hydrogens is 220 g/mol. The lowest BCUT2D eigenvalue weighted by Gasteiger charge is -2.29. The first kappa shape index (κ1) is 11.2. The van der Waals surface area contributed by atoms with E-state index < -0.39 is 0 Å². The molecule has 1 nitrogen and oxygen atoms in total. The minimum Gasteiger partial charge on any atom is -0.294 e. The predicted octanol–water partition coefficient (Wildman–Crippen LogP) is 3.91. The molecule has 0 spiro atoms. The summed E-state index contributed by atoms with van der Waals surface area (Å²) in [6, 6.07) is 16.3. The summed E-state index contributed by atoms with van der Waals surface area (Å²) in [5.41, 5.74) is 4.72. The van der Waals surface area contributed by atoms with E-state index in [1.165, 1.54) is 11.1 Å². The molecule has 0 saturated carbocycles. The van der Waals surface area contributed by atoms with Gasteiger partial charge in [-0.1, -0.05) is 48.5 Å². The number of benzene rings is 2.